The van der Waals surface area contributed by atoms with Gasteiger partial charge in [0.15, 0.2) is 11.2 Å². The van der Waals surface area contributed by atoms with Crippen molar-refractivity contribution >= 4 is 28.7 Å². The molecule has 2 rings (SSSR count). The van der Waals surface area contributed by atoms with Crippen LogP contribution >= 0.6 is 11.6 Å². The van der Waals surface area contributed by atoms with Crippen LogP contribution < -0.4 is 16.6 Å². The van der Waals surface area contributed by atoms with Crippen LogP contribution in [0.1, 0.15) is 13.3 Å². The molecule has 23 heavy (non-hydrogen) atoms. The van der Waals surface area contributed by atoms with Gasteiger partial charge in [0.1, 0.15) is 0 Å². The van der Waals surface area contributed by atoms with E-state index in [-0.39, 0.29) is 0 Å². The number of methoxy groups -OCH3 is 1. The summed E-state index contributed by atoms with van der Waals surface area (Å²) in [5, 5.41) is 3.78. The SMILES string of the molecule is COCCCNc1nc2c(c(=O)[nH]c(=O)n2C)n1C/C=C(/C)Cl. The number of halogens is 1. The summed E-state index contributed by atoms with van der Waals surface area (Å²) in [5.41, 5.74) is -0.313. The van der Waals surface area contributed by atoms with Crippen molar-refractivity contribution in [3.05, 3.63) is 31.9 Å². The summed E-state index contributed by atoms with van der Waals surface area (Å²) in [7, 11) is 3.20. The number of rotatable bonds is 7. The Balaban J connectivity index is 2.51. The fourth-order valence-corrected chi connectivity index (χ4v) is 2.25. The van der Waals surface area contributed by atoms with Crippen molar-refractivity contribution in [1.29, 1.82) is 0 Å². The zero-order chi connectivity index (χ0) is 17.0. The summed E-state index contributed by atoms with van der Waals surface area (Å²) in [6.45, 7) is 3.38. The molecule has 0 saturated heterocycles. The quantitative estimate of drug-likeness (QED) is 0.733. The van der Waals surface area contributed by atoms with Gasteiger partial charge in [0.05, 0.1) is 0 Å². The number of ether oxygens (including phenoxy) is 1. The molecule has 0 spiro atoms. The van der Waals surface area contributed by atoms with Crippen LogP contribution in [0.4, 0.5) is 5.95 Å². The highest BCUT2D eigenvalue weighted by Crippen LogP contribution is 2.16. The first-order valence-electron chi connectivity index (χ1n) is 7.20. The van der Waals surface area contributed by atoms with Crippen molar-refractivity contribution in [1.82, 2.24) is 19.1 Å². The first-order chi connectivity index (χ1) is 11.0. The minimum absolute atomic E-state index is 0.327. The number of aromatic amines is 1. The molecule has 0 atom stereocenters. The molecule has 0 aliphatic rings. The first-order valence-corrected chi connectivity index (χ1v) is 7.58. The highest BCUT2D eigenvalue weighted by atomic mass is 35.5. The van der Waals surface area contributed by atoms with Gasteiger partial charge in [-0.05, 0) is 13.3 Å². The van der Waals surface area contributed by atoms with Crippen LogP contribution in [0.25, 0.3) is 11.2 Å². The lowest BCUT2D eigenvalue weighted by Crippen LogP contribution is -2.29. The van der Waals surface area contributed by atoms with Gasteiger partial charge in [-0.15, -0.1) is 0 Å². The second-order valence-corrected chi connectivity index (χ2v) is 5.70. The normalized spacial score (nSPS) is 12.1. The van der Waals surface area contributed by atoms with Crippen LogP contribution in [0.2, 0.25) is 0 Å². The fourth-order valence-electron chi connectivity index (χ4n) is 2.18. The molecule has 2 N–H and O–H groups in total. The predicted octanol–water partition coefficient (Wildman–Crippen LogP) is 1.01. The van der Waals surface area contributed by atoms with Gasteiger partial charge in [-0.3, -0.25) is 14.3 Å². The Morgan fingerprint density at radius 2 is 2.22 bits per heavy atom. The van der Waals surface area contributed by atoms with Crippen LogP contribution in [-0.4, -0.2) is 39.4 Å². The molecule has 2 aromatic heterocycles. The van der Waals surface area contributed by atoms with E-state index < -0.39 is 11.2 Å². The number of allylic oxidation sites excluding steroid dienone is 2. The molecule has 0 saturated carbocycles. The molecule has 2 aromatic rings. The molecular formula is C14H20ClN5O3. The van der Waals surface area contributed by atoms with E-state index in [1.54, 1.807) is 31.7 Å². The minimum Gasteiger partial charge on any atom is -0.385 e. The Bertz CT molecular complexity index is 829. The fraction of sp³-hybridized carbons (Fsp3) is 0.500. The van der Waals surface area contributed by atoms with E-state index in [1.165, 1.54) is 4.57 Å². The Labute approximate surface area is 137 Å². The molecule has 0 aliphatic heterocycles. The van der Waals surface area contributed by atoms with Gasteiger partial charge in [-0.25, -0.2) is 4.79 Å². The third kappa shape index (κ3) is 3.83. The summed E-state index contributed by atoms with van der Waals surface area (Å²) < 4.78 is 8.02. The molecule has 0 aromatic carbocycles. The van der Waals surface area contributed by atoms with Crippen LogP contribution in [-0.2, 0) is 18.3 Å². The van der Waals surface area contributed by atoms with E-state index in [0.717, 1.165) is 6.42 Å². The standard InChI is InChI=1S/C14H20ClN5O3/c1-9(15)5-7-20-10-11(19(2)14(22)18-12(10)21)17-13(20)16-6-4-8-23-3/h5H,4,6-8H2,1-3H3,(H,16,17)(H,18,21,22)/b9-5-. The number of anilines is 1. The molecule has 0 radical (unpaired) electrons. The zero-order valence-corrected chi connectivity index (χ0v) is 14.1. The van der Waals surface area contributed by atoms with E-state index in [1.807, 2.05) is 0 Å². The average molecular weight is 342 g/mol. The lowest BCUT2D eigenvalue weighted by Gasteiger charge is -2.08. The number of H-pyrrole nitrogens is 1. The van der Waals surface area contributed by atoms with Crippen molar-refractivity contribution in [2.45, 2.75) is 19.9 Å². The Morgan fingerprint density at radius 3 is 2.87 bits per heavy atom. The van der Waals surface area contributed by atoms with Crippen LogP contribution in [0.3, 0.4) is 0 Å². The molecule has 0 aliphatic carbocycles. The lowest BCUT2D eigenvalue weighted by molar-refractivity contribution is 0.197. The predicted molar refractivity (Wildman–Crippen MR) is 90.2 cm³/mol. The van der Waals surface area contributed by atoms with Crippen molar-refractivity contribution in [2.24, 2.45) is 7.05 Å². The Kier molecular flexibility index (Phi) is 5.62. The number of nitrogens with zero attached hydrogens (tertiary/aromatic N) is 3. The zero-order valence-electron chi connectivity index (χ0n) is 13.4. The van der Waals surface area contributed by atoms with Gasteiger partial charge in [0.2, 0.25) is 5.95 Å². The second kappa shape index (κ2) is 7.47. The van der Waals surface area contributed by atoms with Gasteiger partial charge in [-0.2, -0.15) is 4.98 Å². The molecule has 8 nitrogen and oxygen atoms in total. The summed E-state index contributed by atoms with van der Waals surface area (Å²) in [6, 6.07) is 0. The van der Waals surface area contributed by atoms with Gasteiger partial charge >= 0.3 is 5.69 Å². The van der Waals surface area contributed by atoms with E-state index in [0.29, 0.717) is 41.8 Å². The highest BCUT2D eigenvalue weighted by molar-refractivity contribution is 6.29. The average Bonchev–Trinajstić information content (AvgIpc) is 2.86. The summed E-state index contributed by atoms with van der Waals surface area (Å²) in [4.78, 5) is 30.6. The van der Waals surface area contributed by atoms with E-state index in [4.69, 9.17) is 16.3 Å². The van der Waals surface area contributed by atoms with Crippen LogP contribution in [0, 0.1) is 0 Å². The molecular weight excluding hydrogens is 322 g/mol. The van der Waals surface area contributed by atoms with E-state index in [2.05, 4.69) is 15.3 Å². The number of fused-ring (bicyclic) bond motifs is 1. The van der Waals surface area contributed by atoms with Gasteiger partial charge in [0, 0.05) is 38.9 Å². The minimum atomic E-state index is -0.498. The van der Waals surface area contributed by atoms with Gasteiger partial charge in [0.25, 0.3) is 5.56 Å². The van der Waals surface area contributed by atoms with Crippen molar-refractivity contribution in [3.8, 4) is 0 Å². The van der Waals surface area contributed by atoms with E-state index >= 15 is 0 Å². The summed E-state index contributed by atoms with van der Waals surface area (Å²) >= 11 is 5.89. The number of imidazole rings is 1. The number of aryl methyl sites for hydroxylation is 1. The number of aromatic nitrogens is 4. The molecule has 0 unspecified atom stereocenters. The number of hydrogen-bond acceptors (Lipinski definition) is 5. The van der Waals surface area contributed by atoms with Gasteiger partial charge in [-0.1, -0.05) is 17.7 Å². The largest absolute Gasteiger partial charge is 0.385 e. The first kappa shape index (κ1) is 17.3. The molecule has 126 valence electrons. The molecule has 0 fully saturated rings. The van der Waals surface area contributed by atoms with Gasteiger partial charge < -0.3 is 14.6 Å². The summed E-state index contributed by atoms with van der Waals surface area (Å²) in [6.07, 6.45) is 2.56. The molecule has 2 heterocycles. The maximum absolute atomic E-state index is 12.2. The number of hydrogen-bond donors (Lipinski definition) is 2. The third-order valence-corrected chi connectivity index (χ3v) is 3.52. The van der Waals surface area contributed by atoms with Crippen molar-refractivity contribution in [3.63, 3.8) is 0 Å². The lowest BCUT2D eigenvalue weighted by atomic mass is 10.4. The smallest absolute Gasteiger partial charge is 0.329 e. The topological polar surface area (TPSA) is 93.9 Å². The van der Waals surface area contributed by atoms with Crippen LogP contribution in [0.5, 0.6) is 0 Å². The molecule has 0 bridgehead atoms. The Hall–Kier alpha value is -2.06. The monoisotopic (exact) mass is 341 g/mol. The third-order valence-electron chi connectivity index (χ3n) is 3.37. The maximum Gasteiger partial charge on any atom is 0.329 e. The van der Waals surface area contributed by atoms with Crippen LogP contribution in [0.15, 0.2) is 20.7 Å². The Morgan fingerprint density at radius 1 is 1.48 bits per heavy atom. The summed E-state index contributed by atoms with van der Waals surface area (Å²) in [5.74, 6) is 0.511. The highest BCUT2D eigenvalue weighted by Gasteiger charge is 2.16. The van der Waals surface area contributed by atoms with E-state index in [9.17, 15) is 9.59 Å². The van der Waals surface area contributed by atoms with Crippen molar-refractivity contribution in [2.75, 3.05) is 25.6 Å². The van der Waals surface area contributed by atoms with Crippen molar-refractivity contribution < 1.29 is 4.74 Å². The number of nitrogens with one attached hydrogen (secondary N) is 2. The molecule has 9 heteroatoms. The maximum atomic E-state index is 12.2. The second-order valence-electron chi connectivity index (χ2n) is 5.10. The molecule has 0 amide bonds.